The van der Waals surface area contributed by atoms with Crippen LogP contribution in [0.1, 0.15) is 43.2 Å². The fourth-order valence-corrected chi connectivity index (χ4v) is 5.67. The first-order chi connectivity index (χ1) is 13.7. The third kappa shape index (κ3) is 4.27. The molecule has 154 valence electrons. The average molecular weight is 417 g/mol. The van der Waals surface area contributed by atoms with E-state index in [0.29, 0.717) is 24.1 Å². The number of sulfone groups is 1. The number of nitrogens with zero attached hydrogens (tertiary/aromatic N) is 3. The second-order valence-corrected chi connectivity index (χ2v) is 9.71. The fourth-order valence-electron chi connectivity index (χ4n) is 3.74. The van der Waals surface area contributed by atoms with Gasteiger partial charge in [-0.3, -0.25) is 13.9 Å². The van der Waals surface area contributed by atoms with Gasteiger partial charge < -0.3 is 5.32 Å². The van der Waals surface area contributed by atoms with E-state index in [0.717, 1.165) is 23.8 Å². The molecule has 0 unspecified atom stereocenters. The van der Waals surface area contributed by atoms with Crippen LogP contribution in [0.2, 0.25) is 0 Å². The molecule has 1 heterocycles. The van der Waals surface area contributed by atoms with Crippen LogP contribution in [0.5, 0.6) is 0 Å². The molecule has 1 saturated carbocycles. The Morgan fingerprint density at radius 1 is 1.14 bits per heavy atom. The molecule has 1 aromatic carbocycles. The van der Waals surface area contributed by atoms with Gasteiger partial charge in [-0.15, -0.1) is 0 Å². The van der Waals surface area contributed by atoms with Crippen molar-refractivity contribution < 1.29 is 8.42 Å². The topological polar surface area (TPSA) is 114 Å². The highest BCUT2D eigenvalue weighted by molar-refractivity contribution is 7.91. The molecule has 9 heteroatoms. The van der Waals surface area contributed by atoms with E-state index in [2.05, 4.69) is 5.32 Å². The largest absolute Gasteiger partial charge is 0.340 e. The minimum Gasteiger partial charge on any atom is -0.340 e. The van der Waals surface area contributed by atoms with E-state index < -0.39 is 21.1 Å². The maximum absolute atomic E-state index is 12.8. The Labute approximate surface area is 169 Å². The quantitative estimate of drug-likeness (QED) is 0.797. The SMILES string of the molecule is Cn1c(Nc2cccc(CS(=O)(=O)C3CCCCC3)c2)c(C#N)c(=O)n(C)c1=O. The molecule has 3 rings (SSSR count). The molecule has 0 aliphatic heterocycles. The number of nitriles is 1. The second-order valence-electron chi connectivity index (χ2n) is 7.43. The molecule has 0 atom stereocenters. The zero-order chi connectivity index (χ0) is 21.2. The number of nitrogens with one attached hydrogen (secondary N) is 1. The Balaban J connectivity index is 1.91. The zero-order valence-corrected chi connectivity index (χ0v) is 17.3. The number of benzene rings is 1. The standard InChI is InChI=1S/C20H24N4O4S/c1-23-18(17(12-21)19(25)24(2)20(23)26)22-15-8-6-7-14(11-15)13-29(27,28)16-9-4-3-5-10-16/h6-8,11,16,22H,3-5,9-10,13H2,1-2H3. The third-order valence-corrected chi connectivity index (χ3v) is 7.62. The number of aromatic nitrogens is 2. The summed E-state index contributed by atoms with van der Waals surface area (Å²) in [7, 11) is -0.483. The molecule has 1 N–H and O–H groups in total. The molecular formula is C20H24N4O4S. The summed E-state index contributed by atoms with van der Waals surface area (Å²) < 4.78 is 27.6. The van der Waals surface area contributed by atoms with E-state index in [4.69, 9.17) is 0 Å². The van der Waals surface area contributed by atoms with E-state index in [9.17, 15) is 23.3 Å². The van der Waals surface area contributed by atoms with Gasteiger partial charge in [0.25, 0.3) is 5.56 Å². The highest BCUT2D eigenvalue weighted by atomic mass is 32.2. The monoisotopic (exact) mass is 416 g/mol. The summed E-state index contributed by atoms with van der Waals surface area (Å²) in [5, 5.41) is 12.0. The Kier molecular flexibility index (Phi) is 5.94. The highest BCUT2D eigenvalue weighted by Crippen LogP contribution is 2.27. The van der Waals surface area contributed by atoms with Crippen molar-refractivity contribution in [1.82, 2.24) is 9.13 Å². The Morgan fingerprint density at radius 3 is 2.48 bits per heavy atom. The molecule has 0 radical (unpaired) electrons. The van der Waals surface area contributed by atoms with Crippen LogP contribution in [0.4, 0.5) is 11.5 Å². The number of hydrogen-bond donors (Lipinski definition) is 1. The van der Waals surface area contributed by atoms with Crippen LogP contribution in [0.3, 0.4) is 0 Å². The van der Waals surface area contributed by atoms with Crippen LogP contribution in [-0.4, -0.2) is 22.8 Å². The molecule has 29 heavy (non-hydrogen) atoms. The van der Waals surface area contributed by atoms with Gasteiger partial charge in [-0.25, -0.2) is 13.2 Å². The van der Waals surface area contributed by atoms with E-state index >= 15 is 0 Å². The fraction of sp³-hybridized carbons (Fsp3) is 0.450. The van der Waals surface area contributed by atoms with Gasteiger partial charge in [0.05, 0.1) is 11.0 Å². The summed E-state index contributed by atoms with van der Waals surface area (Å²) in [6, 6.07) is 8.65. The lowest BCUT2D eigenvalue weighted by molar-refractivity contribution is 0.483. The lowest BCUT2D eigenvalue weighted by Crippen LogP contribution is -2.39. The van der Waals surface area contributed by atoms with Crippen molar-refractivity contribution in [2.75, 3.05) is 5.32 Å². The summed E-state index contributed by atoms with van der Waals surface area (Å²) in [4.78, 5) is 24.4. The van der Waals surface area contributed by atoms with Crippen molar-refractivity contribution in [2.24, 2.45) is 14.1 Å². The van der Waals surface area contributed by atoms with Gasteiger partial charge in [-0.1, -0.05) is 31.4 Å². The smallest absolute Gasteiger partial charge is 0.332 e. The van der Waals surface area contributed by atoms with E-state index in [-0.39, 0.29) is 22.4 Å². The molecular weight excluding hydrogens is 392 g/mol. The molecule has 0 spiro atoms. The minimum absolute atomic E-state index is 0.0617. The first-order valence-electron chi connectivity index (χ1n) is 9.52. The second kappa shape index (κ2) is 8.25. The third-order valence-electron chi connectivity index (χ3n) is 5.39. The highest BCUT2D eigenvalue weighted by Gasteiger charge is 2.27. The molecule has 0 saturated heterocycles. The van der Waals surface area contributed by atoms with Crippen molar-refractivity contribution in [3.8, 4) is 6.07 Å². The van der Waals surface area contributed by atoms with Crippen LogP contribution in [0.15, 0.2) is 33.9 Å². The summed E-state index contributed by atoms with van der Waals surface area (Å²) >= 11 is 0. The lowest BCUT2D eigenvalue weighted by atomic mass is 10.0. The molecule has 1 aromatic heterocycles. The predicted molar refractivity (Wildman–Crippen MR) is 111 cm³/mol. The van der Waals surface area contributed by atoms with Gasteiger partial charge in [0.1, 0.15) is 11.9 Å². The van der Waals surface area contributed by atoms with Crippen molar-refractivity contribution in [3.63, 3.8) is 0 Å². The maximum Gasteiger partial charge on any atom is 0.332 e. The summed E-state index contributed by atoms with van der Waals surface area (Å²) in [6.07, 6.45) is 4.39. The van der Waals surface area contributed by atoms with Crippen molar-refractivity contribution in [2.45, 2.75) is 43.1 Å². The Bertz CT molecular complexity index is 1180. The van der Waals surface area contributed by atoms with Crippen LogP contribution in [-0.2, 0) is 29.7 Å². The van der Waals surface area contributed by atoms with Gasteiger partial charge in [0, 0.05) is 19.8 Å². The van der Waals surface area contributed by atoms with Crippen LogP contribution < -0.4 is 16.6 Å². The number of hydrogen-bond acceptors (Lipinski definition) is 6. The van der Waals surface area contributed by atoms with E-state index in [1.54, 1.807) is 24.3 Å². The van der Waals surface area contributed by atoms with Crippen LogP contribution >= 0.6 is 0 Å². The van der Waals surface area contributed by atoms with Gasteiger partial charge >= 0.3 is 5.69 Å². The number of rotatable bonds is 5. The molecule has 0 amide bonds. The Hall–Kier alpha value is -2.86. The lowest BCUT2D eigenvalue weighted by Gasteiger charge is -2.22. The van der Waals surface area contributed by atoms with Crippen LogP contribution in [0, 0.1) is 11.3 Å². The van der Waals surface area contributed by atoms with E-state index in [1.165, 1.54) is 18.7 Å². The van der Waals surface area contributed by atoms with Crippen molar-refractivity contribution in [1.29, 1.82) is 5.26 Å². The van der Waals surface area contributed by atoms with Gasteiger partial charge in [-0.2, -0.15) is 5.26 Å². The van der Waals surface area contributed by atoms with Crippen LogP contribution in [0.25, 0.3) is 0 Å². The molecule has 0 bridgehead atoms. The van der Waals surface area contributed by atoms with Gasteiger partial charge in [-0.05, 0) is 30.5 Å². The summed E-state index contributed by atoms with van der Waals surface area (Å²) in [5.41, 5.74) is -0.314. The first-order valence-corrected chi connectivity index (χ1v) is 11.2. The van der Waals surface area contributed by atoms with Crippen molar-refractivity contribution in [3.05, 3.63) is 56.2 Å². The normalized spacial score (nSPS) is 15.1. The molecule has 1 aliphatic rings. The maximum atomic E-state index is 12.8. The molecule has 1 aliphatic carbocycles. The van der Waals surface area contributed by atoms with Gasteiger partial charge in [0.15, 0.2) is 15.4 Å². The minimum atomic E-state index is -3.25. The Morgan fingerprint density at radius 2 is 1.83 bits per heavy atom. The summed E-state index contributed by atoms with van der Waals surface area (Å²) in [6.45, 7) is 0. The predicted octanol–water partition coefficient (Wildman–Crippen LogP) is 1.95. The van der Waals surface area contributed by atoms with Crippen molar-refractivity contribution >= 4 is 21.3 Å². The number of anilines is 2. The average Bonchev–Trinajstić information content (AvgIpc) is 2.71. The zero-order valence-electron chi connectivity index (χ0n) is 16.5. The molecule has 1 fully saturated rings. The first kappa shape index (κ1) is 20.9. The molecule has 8 nitrogen and oxygen atoms in total. The summed E-state index contributed by atoms with van der Waals surface area (Å²) in [5.74, 6) is 0.0150. The van der Waals surface area contributed by atoms with Gasteiger partial charge in [0.2, 0.25) is 0 Å². The molecule has 2 aromatic rings. The van der Waals surface area contributed by atoms with E-state index in [1.807, 2.05) is 6.07 Å².